The minimum absolute atomic E-state index is 0.136. The van der Waals surface area contributed by atoms with Gasteiger partial charge < -0.3 is 4.74 Å². The largest absolute Gasteiger partial charge is 0.380 e. The van der Waals surface area contributed by atoms with Gasteiger partial charge in [0.25, 0.3) is 5.69 Å². The van der Waals surface area contributed by atoms with Crippen LogP contribution in [0.1, 0.15) is 11.1 Å². The molecule has 0 aliphatic heterocycles. The zero-order valence-electron chi connectivity index (χ0n) is 7.70. The number of nitro benzene ring substituents is 1. The number of nitro groups is 1. The Hall–Kier alpha value is -0.940. The highest BCUT2D eigenvalue weighted by Crippen LogP contribution is 2.25. The van der Waals surface area contributed by atoms with Crippen LogP contribution in [0.4, 0.5) is 5.69 Å². The summed E-state index contributed by atoms with van der Waals surface area (Å²) >= 11 is 3.24. The first-order valence-corrected chi connectivity index (χ1v) is 5.13. The van der Waals surface area contributed by atoms with Gasteiger partial charge in [-0.15, -0.1) is 0 Å². The molecule has 0 saturated carbocycles. The molecule has 1 aromatic rings. The molecule has 76 valence electrons. The van der Waals surface area contributed by atoms with E-state index < -0.39 is 0 Å². The van der Waals surface area contributed by atoms with Gasteiger partial charge in [-0.1, -0.05) is 28.1 Å². The molecule has 0 amide bonds. The maximum Gasteiger partial charge on any atom is 0.273 e. The summed E-state index contributed by atoms with van der Waals surface area (Å²) in [6.45, 7) is 0.391. The van der Waals surface area contributed by atoms with Crippen LogP contribution in [-0.4, -0.2) is 12.0 Å². The van der Waals surface area contributed by atoms with Crippen LogP contribution in [-0.2, 0) is 16.7 Å². The molecule has 0 fully saturated rings. The number of hydrogen-bond acceptors (Lipinski definition) is 3. The first-order chi connectivity index (χ1) is 6.70. The summed E-state index contributed by atoms with van der Waals surface area (Å²) in [6.07, 6.45) is 0. The third-order valence-corrected chi connectivity index (χ3v) is 2.44. The molecule has 4 nitrogen and oxygen atoms in total. The molecule has 0 radical (unpaired) electrons. The number of hydrogen-bond donors (Lipinski definition) is 0. The van der Waals surface area contributed by atoms with E-state index in [0.717, 1.165) is 5.56 Å². The summed E-state index contributed by atoms with van der Waals surface area (Å²) in [6, 6.07) is 4.99. The number of rotatable bonds is 4. The number of methoxy groups -OCH3 is 1. The Morgan fingerprint density at radius 3 is 2.79 bits per heavy atom. The highest BCUT2D eigenvalue weighted by molar-refractivity contribution is 9.08. The predicted molar refractivity (Wildman–Crippen MR) is 56.4 cm³/mol. The maximum absolute atomic E-state index is 10.7. The third kappa shape index (κ3) is 2.30. The number of nitrogens with zero attached hydrogens (tertiary/aromatic N) is 1. The molecular weight excluding hydrogens is 250 g/mol. The van der Waals surface area contributed by atoms with Gasteiger partial charge in [0.05, 0.1) is 11.5 Å². The molecule has 0 atom stereocenters. The van der Waals surface area contributed by atoms with Crippen LogP contribution in [0, 0.1) is 10.1 Å². The van der Waals surface area contributed by atoms with Crippen LogP contribution in [0.3, 0.4) is 0 Å². The van der Waals surface area contributed by atoms with Crippen LogP contribution >= 0.6 is 15.9 Å². The minimum Gasteiger partial charge on any atom is -0.380 e. The van der Waals surface area contributed by atoms with Crippen molar-refractivity contribution in [3.63, 3.8) is 0 Å². The van der Waals surface area contributed by atoms with Gasteiger partial charge >= 0.3 is 0 Å². The average Bonchev–Trinajstić information content (AvgIpc) is 2.18. The van der Waals surface area contributed by atoms with E-state index in [0.29, 0.717) is 17.5 Å². The molecule has 0 aliphatic rings. The van der Waals surface area contributed by atoms with E-state index in [9.17, 15) is 10.1 Å². The Morgan fingerprint density at radius 1 is 1.57 bits per heavy atom. The van der Waals surface area contributed by atoms with Gasteiger partial charge in [-0.2, -0.15) is 0 Å². The minimum atomic E-state index is -0.379. The second-order valence-corrected chi connectivity index (χ2v) is 3.30. The first-order valence-electron chi connectivity index (χ1n) is 4.00. The quantitative estimate of drug-likeness (QED) is 0.475. The standard InChI is InChI=1S/C9H10BrNO3/c1-14-6-7-3-2-4-9(11(12)13)8(7)5-10/h2-4H,5-6H2,1H3. The summed E-state index contributed by atoms with van der Waals surface area (Å²) < 4.78 is 4.96. The highest BCUT2D eigenvalue weighted by Gasteiger charge is 2.15. The van der Waals surface area contributed by atoms with Crippen molar-refractivity contribution >= 4 is 21.6 Å². The Balaban J connectivity index is 3.17. The lowest BCUT2D eigenvalue weighted by Gasteiger charge is -2.06. The fourth-order valence-electron chi connectivity index (χ4n) is 1.24. The van der Waals surface area contributed by atoms with Crippen molar-refractivity contribution in [2.75, 3.05) is 7.11 Å². The van der Waals surface area contributed by atoms with E-state index in [1.165, 1.54) is 6.07 Å². The summed E-state index contributed by atoms with van der Waals surface area (Å²) in [4.78, 5) is 10.3. The van der Waals surface area contributed by atoms with Crippen molar-refractivity contribution in [1.82, 2.24) is 0 Å². The van der Waals surface area contributed by atoms with Crippen molar-refractivity contribution in [2.45, 2.75) is 11.9 Å². The van der Waals surface area contributed by atoms with E-state index >= 15 is 0 Å². The predicted octanol–water partition coefficient (Wildman–Crippen LogP) is 2.64. The molecule has 1 aromatic carbocycles. The molecule has 0 aliphatic carbocycles. The van der Waals surface area contributed by atoms with Crippen LogP contribution in [0.15, 0.2) is 18.2 Å². The number of ether oxygens (including phenoxy) is 1. The zero-order chi connectivity index (χ0) is 10.6. The van der Waals surface area contributed by atoms with Gasteiger partial charge in [0.15, 0.2) is 0 Å². The Morgan fingerprint density at radius 2 is 2.29 bits per heavy atom. The second kappa shape index (κ2) is 5.07. The van der Waals surface area contributed by atoms with E-state index in [2.05, 4.69) is 15.9 Å². The summed E-state index contributed by atoms with van der Waals surface area (Å²) in [5.41, 5.74) is 1.66. The normalized spacial score (nSPS) is 10.1. The molecule has 0 saturated heterocycles. The second-order valence-electron chi connectivity index (χ2n) is 2.74. The van der Waals surface area contributed by atoms with E-state index in [1.54, 1.807) is 13.2 Å². The van der Waals surface area contributed by atoms with Gasteiger partial charge in [0.1, 0.15) is 0 Å². The SMILES string of the molecule is COCc1cccc([N+](=O)[O-])c1CBr. The van der Waals surface area contributed by atoms with Crippen molar-refractivity contribution < 1.29 is 9.66 Å². The Labute approximate surface area is 90.2 Å². The van der Waals surface area contributed by atoms with Crippen LogP contribution in [0.5, 0.6) is 0 Å². The van der Waals surface area contributed by atoms with Crippen LogP contribution in [0.25, 0.3) is 0 Å². The molecule has 14 heavy (non-hydrogen) atoms. The van der Waals surface area contributed by atoms with E-state index in [-0.39, 0.29) is 10.6 Å². The lowest BCUT2D eigenvalue weighted by atomic mass is 10.1. The van der Waals surface area contributed by atoms with Crippen LogP contribution < -0.4 is 0 Å². The summed E-state index contributed by atoms with van der Waals surface area (Å²) in [7, 11) is 1.57. The number of halogens is 1. The fraction of sp³-hybridized carbons (Fsp3) is 0.333. The molecule has 0 aromatic heterocycles. The monoisotopic (exact) mass is 259 g/mol. The third-order valence-electron chi connectivity index (χ3n) is 1.88. The maximum atomic E-state index is 10.7. The average molecular weight is 260 g/mol. The molecule has 5 heteroatoms. The van der Waals surface area contributed by atoms with E-state index in [4.69, 9.17) is 4.74 Å². The molecule has 0 N–H and O–H groups in total. The van der Waals surface area contributed by atoms with Crippen molar-refractivity contribution in [3.8, 4) is 0 Å². The summed E-state index contributed by atoms with van der Waals surface area (Å²) in [5, 5.41) is 11.1. The molecule has 0 bridgehead atoms. The van der Waals surface area contributed by atoms with Gasteiger partial charge in [-0.3, -0.25) is 10.1 Å². The van der Waals surface area contributed by atoms with Gasteiger partial charge in [-0.25, -0.2) is 0 Å². The molecular formula is C9H10BrNO3. The van der Waals surface area contributed by atoms with Gasteiger partial charge in [0, 0.05) is 24.1 Å². The molecule has 0 heterocycles. The number of benzene rings is 1. The Bertz CT molecular complexity index is 341. The molecule has 1 rings (SSSR count). The smallest absolute Gasteiger partial charge is 0.273 e. The van der Waals surface area contributed by atoms with Gasteiger partial charge in [-0.05, 0) is 5.56 Å². The van der Waals surface area contributed by atoms with Crippen molar-refractivity contribution in [2.24, 2.45) is 0 Å². The zero-order valence-corrected chi connectivity index (χ0v) is 9.28. The van der Waals surface area contributed by atoms with E-state index in [1.807, 2.05) is 6.07 Å². The first kappa shape index (κ1) is 11.1. The van der Waals surface area contributed by atoms with Crippen LogP contribution in [0.2, 0.25) is 0 Å². The lowest BCUT2D eigenvalue weighted by molar-refractivity contribution is -0.385. The molecule has 0 unspecified atom stereocenters. The van der Waals surface area contributed by atoms with Gasteiger partial charge in [0.2, 0.25) is 0 Å². The topological polar surface area (TPSA) is 52.4 Å². The molecule has 0 spiro atoms. The lowest BCUT2D eigenvalue weighted by Crippen LogP contribution is -1.99. The summed E-state index contributed by atoms with van der Waals surface area (Å²) in [5.74, 6) is 0. The fourth-order valence-corrected chi connectivity index (χ4v) is 1.88. The van der Waals surface area contributed by atoms with Crippen molar-refractivity contribution in [3.05, 3.63) is 39.4 Å². The van der Waals surface area contributed by atoms with Crippen molar-refractivity contribution in [1.29, 1.82) is 0 Å². The number of alkyl halides is 1. The highest BCUT2D eigenvalue weighted by atomic mass is 79.9. The Kier molecular flexibility index (Phi) is 4.03.